The molecule has 1 amide bonds. The van der Waals surface area contributed by atoms with Crippen molar-refractivity contribution < 1.29 is 27.7 Å². The van der Waals surface area contributed by atoms with Gasteiger partial charge < -0.3 is 4.74 Å². The zero-order chi connectivity index (χ0) is 19.5. The molecular weight excluding hydrogens is 370 g/mol. The quantitative estimate of drug-likeness (QED) is 0.785. The lowest BCUT2D eigenvalue weighted by atomic mass is 9.77. The van der Waals surface area contributed by atoms with E-state index in [2.05, 4.69) is 4.72 Å². The van der Waals surface area contributed by atoms with Crippen LogP contribution in [0, 0.1) is 6.92 Å². The number of carbonyl (C=O) groups is 1. The zero-order valence-corrected chi connectivity index (χ0v) is 15.9. The molecule has 0 spiro atoms. The summed E-state index contributed by atoms with van der Waals surface area (Å²) >= 11 is 0. The number of ether oxygens (including phenoxy) is 1. The van der Waals surface area contributed by atoms with Gasteiger partial charge in [-0.1, -0.05) is 30.3 Å². The van der Waals surface area contributed by atoms with Crippen molar-refractivity contribution in [3.8, 4) is 5.75 Å². The van der Waals surface area contributed by atoms with Crippen molar-refractivity contribution in [1.82, 2.24) is 4.72 Å². The number of hydrogen-bond acceptors (Lipinski definition) is 6. The average Bonchev–Trinajstić information content (AvgIpc) is 2.68. The van der Waals surface area contributed by atoms with Crippen LogP contribution >= 0.6 is 0 Å². The van der Waals surface area contributed by atoms with Crippen LogP contribution in [0.3, 0.4) is 0 Å². The third kappa shape index (κ3) is 3.83. The molecule has 0 radical (unpaired) electrons. The van der Waals surface area contributed by atoms with E-state index in [0.717, 1.165) is 0 Å². The van der Waals surface area contributed by atoms with Gasteiger partial charge in [0.05, 0.1) is 18.6 Å². The number of methoxy groups -OCH3 is 1. The summed E-state index contributed by atoms with van der Waals surface area (Å²) in [4.78, 5) is 23.2. The monoisotopic (exact) mass is 391 g/mol. The molecule has 1 saturated heterocycles. The van der Waals surface area contributed by atoms with E-state index in [4.69, 9.17) is 14.5 Å². The molecule has 27 heavy (non-hydrogen) atoms. The van der Waals surface area contributed by atoms with Crippen molar-refractivity contribution in [1.29, 1.82) is 0 Å². The molecule has 3 rings (SSSR count). The Balaban J connectivity index is 1.98. The summed E-state index contributed by atoms with van der Waals surface area (Å²) in [7, 11) is -2.51. The fraction of sp³-hybridized carbons (Fsp3) is 0.316. The predicted octanol–water partition coefficient (Wildman–Crippen LogP) is 2.10. The first-order valence-electron chi connectivity index (χ1n) is 8.41. The average molecular weight is 391 g/mol. The van der Waals surface area contributed by atoms with Crippen molar-refractivity contribution in [2.24, 2.45) is 0 Å². The maximum Gasteiger partial charge on any atom is 0.264 e. The molecule has 1 aliphatic heterocycles. The number of rotatable bonds is 5. The maximum atomic E-state index is 13.2. The molecular formula is C19H21NO6S. The van der Waals surface area contributed by atoms with Crippen LogP contribution < -0.4 is 9.46 Å². The Kier molecular flexibility index (Phi) is 5.50. The molecule has 1 unspecified atom stereocenters. The number of amides is 1. The highest BCUT2D eigenvalue weighted by Gasteiger charge is 2.45. The van der Waals surface area contributed by atoms with E-state index in [-0.39, 0.29) is 24.5 Å². The summed E-state index contributed by atoms with van der Waals surface area (Å²) in [6, 6.07) is 13.4. The normalized spacial score (nSPS) is 20.1. The first kappa shape index (κ1) is 19.3. The highest BCUT2D eigenvalue weighted by Crippen LogP contribution is 2.34. The molecule has 1 atom stereocenters. The van der Waals surface area contributed by atoms with E-state index < -0.39 is 21.3 Å². The van der Waals surface area contributed by atoms with E-state index in [1.807, 2.05) is 0 Å². The van der Waals surface area contributed by atoms with Crippen molar-refractivity contribution in [2.75, 3.05) is 20.3 Å². The highest BCUT2D eigenvalue weighted by molar-refractivity contribution is 7.90. The Morgan fingerprint density at radius 2 is 1.93 bits per heavy atom. The van der Waals surface area contributed by atoms with Gasteiger partial charge in [-0.2, -0.15) is 0 Å². The number of hydrogen-bond donors (Lipinski definition) is 1. The summed E-state index contributed by atoms with van der Waals surface area (Å²) in [5.41, 5.74) is -0.0539. The minimum Gasteiger partial charge on any atom is -0.497 e. The standard InChI is InChI=1S/C19H21NO6S/c1-14-6-3-4-9-17(14)27(22,23)20-18(21)19(10-11-25-26-13-19)15-7-5-8-16(12-15)24-2/h3-9,12H,10-11,13H2,1-2H3,(H,20,21). The smallest absolute Gasteiger partial charge is 0.264 e. The van der Waals surface area contributed by atoms with Crippen molar-refractivity contribution in [3.63, 3.8) is 0 Å². The van der Waals surface area contributed by atoms with Gasteiger partial charge in [-0.25, -0.2) is 22.9 Å². The summed E-state index contributed by atoms with van der Waals surface area (Å²) in [5, 5.41) is 0. The second kappa shape index (κ2) is 7.67. The van der Waals surface area contributed by atoms with Gasteiger partial charge in [-0.05, 0) is 42.7 Å². The van der Waals surface area contributed by atoms with Crippen LogP contribution in [0.2, 0.25) is 0 Å². The van der Waals surface area contributed by atoms with Crippen LogP contribution in [0.25, 0.3) is 0 Å². The lowest BCUT2D eigenvalue weighted by molar-refractivity contribution is -0.325. The van der Waals surface area contributed by atoms with E-state index in [1.54, 1.807) is 49.4 Å². The number of benzene rings is 2. The lowest BCUT2D eigenvalue weighted by Gasteiger charge is -2.35. The topological polar surface area (TPSA) is 90.9 Å². The Labute approximate surface area is 158 Å². The molecule has 1 heterocycles. The molecule has 1 aliphatic rings. The highest BCUT2D eigenvalue weighted by atomic mass is 32.2. The Hall–Kier alpha value is -2.42. The zero-order valence-electron chi connectivity index (χ0n) is 15.1. The Morgan fingerprint density at radius 3 is 2.59 bits per heavy atom. The van der Waals surface area contributed by atoms with Crippen molar-refractivity contribution in [3.05, 3.63) is 59.7 Å². The fourth-order valence-corrected chi connectivity index (χ4v) is 4.38. The molecule has 144 valence electrons. The molecule has 0 saturated carbocycles. The molecule has 2 aromatic rings. The molecule has 1 fully saturated rings. The van der Waals surface area contributed by atoms with Gasteiger partial charge >= 0.3 is 0 Å². The molecule has 0 aliphatic carbocycles. The van der Waals surface area contributed by atoms with E-state index in [1.165, 1.54) is 13.2 Å². The third-order valence-corrected chi connectivity index (χ3v) is 6.16. The second-order valence-corrected chi connectivity index (χ2v) is 8.00. The molecule has 0 bridgehead atoms. The van der Waals surface area contributed by atoms with Gasteiger partial charge in [-0.15, -0.1) is 0 Å². The van der Waals surface area contributed by atoms with Gasteiger partial charge in [-0.3, -0.25) is 4.79 Å². The Morgan fingerprint density at radius 1 is 1.15 bits per heavy atom. The number of sulfonamides is 1. The summed E-state index contributed by atoms with van der Waals surface area (Å²) in [5.74, 6) is -0.102. The third-order valence-electron chi connectivity index (χ3n) is 4.67. The lowest BCUT2D eigenvalue weighted by Crippen LogP contribution is -2.52. The molecule has 2 aromatic carbocycles. The van der Waals surface area contributed by atoms with Crippen molar-refractivity contribution >= 4 is 15.9 Å². The number of aryl methyl sites for hydroxylation is 1. The summed E-state index contributed by atoms with van der Waals surface area (Å²) in [6.07, 6.45) is 0.273. The van der Waals surface area contributed by atoms with E-state index >= 15 is 0 Å². The van der Waals surface area contributed by atoms with Gasteiger partial charge in [0.15, 0.2) is 0 Å². The summed E-state index contributed by atoms with van der Waals surface area (Å²) < 4.78 is 33.0. The van der Waals surface area contributed by atoms with Crippen LogP contribution in [0.15, 0.2) is 53.4 Å². The SMILES string of the molecule is COc1cccc(C2(C(=O)NS(=O)(=O)c3ccccc3C)CCOOC2)c1. The van der Waals surface area contributed by atoms with Gasteiger partial charge in [0, 0.05) is 0 Å². The van der Waals surface area contributed by atoms with Crippen LogP contribution in [0.1, 0.15) is 17.5 Å². The number of carbonyl (C=O) groups excluding carboxylic acids is 1. The predicted molar refractivity (Wildman–Crippen MR) is 97.7 cm³/mol. The van der Waals surface area contributed by atoms with Gasteiger partial charge in [0.1, 0.15) is 17.8 Å². The van der Waals surface area contributed by atoms with Crippen LogP contribution in [-0.4, -0.2) is 34.6 Å². The van der Waals surface area contributed by atoms with Gasteiger partial charge in [0.2, 0.25) is 5.91 Å². The number of nitrogens with one attached hydrogen (secondary N) is 1. The Bertz CT molecular complexity index is 935. The first-order valence-corrected chi connectivity index (χ1v) is 9.89. The summed E-state index contributed by atoms with van der Waals surface area (Å²) in [6.45, 7) is 1.73. The molecule has 8 heteroatoms. The largest absolute Gasteiger partial charge is 0.497 e. The minimum atomic E-state index is -4.03. The van der Waals surface area contributed by atoms with Crippen LogP contribution in [-0.2, 0) is 30.0 Å². The van der Waals surface area contributed by atoms with E-state index in [0.29, 0.717) is 16.9 Å². The fourth-order valence-electron chi connectivity index (χ4n) is 3.08. The van der Waals surface area contributed by atoms with Crippen molar-refractivity contribution in [2.45, 2.75) is 23.7 Å². The van der Waals surface area contributed by atoms with E-state index in [9.17, 15) is 13.2 Å². The molecule has 1 N–H and O–H groups in total. The first-order chi connectivity index (χ1) is 12.9. The van der Waals surface area contributed by atoms with Crippen LogP contribution in [0.4, 0.5) is 0 Å². The minimum absolute atomic E-state index is 0.0621. The second-order valence-electron chi connectivity index (χ2n) is 6.35. The molecule has 7 nitrogen and oxygen atoms in total. The van der Waals surface area contributed by atoms with Crippen LogP contribution in [0.5, 0.6) is 5.75 Å². The molecule has 0 aromatic heterocycles. The van der Waals surface area contributed by atoms with Gasteiger partial charge in [0.25, 0.3) is 10.0 Å². The maximum absolute atomic E-state index is 13.2.